The molecule has 1 atom stereocenters. The van der Waals surface area contributed by atoms with Crippen LogP contribution in [0.1, 0.15) is 20.8 Å². The van der Waals surface area contributed by atoms with E-state index in [0.29, 0.717) is 0 Å². The van der Waals surface area contributed by atoms with Gasteiger partial charge in [0.1, 0.15) is 6.04 Å². The summed E-state index contributed by atoms with van der Waals surface area (Å²) in [4.78, 5) is 15.5. The first kappa shape index (κ1) is 11.5. The van der Waals surface area contributed by atoms with Crippen LogP contribution in [-0.2, 0) is 4.79 Å². The number of carbonyl (C=O) groups is 1. The van der Waals surface area contributed by atoms with Crippen molar-refractivity contribution >= 4 is 5.91 Å². The zero-order valence-electron chi connectivity index (χ0n) is 9.45. The van der Waals surface area contributed by atoms with E-state index in [-0.39, 0.29) is 24.1 Å². The van der Waals surface area contributed by atoms with Crippen LogP contribution in [0.15, 0.2) is 0 Å². The summed E-state index contributed by atoms with van der Waals surface area (Å²) in [7, 11) is 1.78. The summed E-state index contributed by atoms with van der Waals surface area (Å²) in [6.07, 6.45) is 0. The number of aliphatic hydroxyl groups excluding tert-OH is 1. The summed E-state index contributed by atoms with van der Waals surface area (Å²) < 4.78 is 0. The lowest BCUT2D eigenvalue weighted by molar-refractivity contribution is -0.145. The van der Waals surface area contributed by atoms with E-state index < -0.39 is 0 Å². The van der Waals surface area contributed by atoms with Crippen molar-refractivity contribution in [3.63, 3.8) is 0 Å². The van der Waals surface area contributed by atoms with Gasteiger partial charge in [0.15, 0.2) is 0 Å². The van der Waals surface area contributed by atoms with Gasteiger partial charge in [0, 0.05) is 25.7 Å². The van der Waals surface area contributed by atoms with Crippen molar-refractivity contribution in [3.05, 3.63) is 0 Å². The molecule has 0 bridgehead atoms. The fraction of sp³-hybridized carbons (Fsp3) is 0.900. The van der Waals surface area contributed by atoms with E-state index in [1.54, 1.807) is 11.9 Å². The fourth-order valence-corrected chi connectivity index (χ4v) is 1.89. The molecule has 0 aromatic rings. The Morgan fingerprint density at radius 1 is 1.43 bits per heavy atom. The Hall–Kier alpha value is -0.610. The Morgan fingerprint density at radius 2 is 2.00 bits per heavy atom. The van der Waals surface area contributed by atoms with Gasteiger partial charge in [-0.1, -0.05) is 0 Å². The van der Waals surface area contributed by atoms with Gasteiger partial charge in [-0.05, 0) is 20.8 Å². The average molecular weight is 200 g/mol. The number of hydrogen-bond donors (Lipinski definition) is 1. The highest BCUT2D eigenvalue weighted by Crippen LogP contribution is 2.20. The zero-order valence-corrected chi connectivity index (χ0v) is 9.45. The third-order valence-electron chi connectivity index (χ3n) is 2.75. The number of aliphatic hydroxyl groups is 1. The minimum atomic E-state index is -0.367. The van der Waals surface area contributed by atoms with Crippen LogP contribution in [0.4, 0.5) is 0 Å². The number of piperazine rings is 1. The molecule has 1 aliphatic rings. The molecular formula is C10H20N2O2. The van der Waals surface area contributed by atoms with Crippen LogP contribution in [0.3, 0.4) is 0 Å². The predicted octanol–water partition coefficient (Wildman–Crippen LogP) is -0.0802. The van der Waals surface area contributed by atoms with Crippen LogP contribution in [0, 0.1) is 0 Å². The van der Waals surface area contributed by atoms with E-state index >= 15 is 0 Å². The van der Waals surface area contributed by atoms with Gasteiger partial charge in [-0.25, -0.2) is 0 Å². The number of carbonyl (C=O) groups excluding carboxylic acids is 1. The number of likely N-dealkylation sites (N-methyl/N-ethyl adjacent to an activating group) is 1. The molecule has 1 fully saturated rings. The average Bonchev–Trinajstić information content (AvgIpc) is 2.07. The predicted molar refractivity (Wildman–Crippen MR) is 55.0 cm³/mol. The monoisotopic (exact) mass is 200 g/mol. The molecule has 1 saturated heterocycles. The first-order chi connectivity index (χ1) is 6.38. The van der Waals surface area contributed by atoms with E-state index in [4.69, 9.17) is 0 Å². The minimum Gasteiger partial charge on any atom is -0.394 e. The third kappa shape index (κ3) is 2.07. The lowest BCUT2D eigenvalue weighted by Gasteiger charge is -2.45. The molecule has 0 aromatic carbocycles. The van der Waals surface area contributed by atoms with Crippen molar-refractivity contribution in [3.8, 4) is 0 Å². The Morgan fingerprint density at radius 3 is 2.43 bits per heavy atom. The zero-order chi connectivity index (χ0) is 10.9. The summed E-state index contributed by atoms with van der Waals surface area (Å²) in [5.41, 5.74) is -0.0652. The maximum atomic E-state index is 11.7. The standard InChI is InChI=1S/C10H20N2O2/c1-10(2,3)12-6-5-11(4)9(14)8(12)7-13/h8,13H,5-7H2,1-4H3. The minimum absolute atomic E-state index is 0.0219. The van der Waals surface area contributed by atoms with E-state index in [2.05, 4.69) is 25.7 Å². The van der Waals surface area contributed by atoms with E-state index in [1.807, 2.05) is 0 Å². The van der Waals surface area contributed by atoms with Crippen molar-refractivity contribution in [2.75, 3.05) is 26.7 Å². The maximum absolute atomic E-state index is 11.7. The van der Waals surface area contributed by atoms with Crippen LogP contribution in [0.25, 0.3) is 0 Å². The molecule has 0 spiro atoms. The van der Waals surface area contributed by atoms with Crippen molar-refractivity contribution < 1.29 is 9.90 Å². The second-order valence-electron chi connectivity index (χ2n) is 4.82. The van der Waals surface area contributed by atoms with Gasteiger partial charge in [0.05, 0.1) is 6.61 Å². The molecule has 1 aliphatic heterocycles. The fourth-order valence-electron chi connectivity index (χ4n) is 1.89. The molecule has 0 saturated carbocycles. The molecule has 1 N–H and O–H groups in total. The highest BCUT2D eigenvalue weighted by atomic mass is 16.3. The molecule has 0 aromatic heterocycles. The highest BCUT2D eigenvalue weighted by Gasteiger charge is 2.37. The maximum Gasteiger partial charge on any atom is 0.242 e. The molecule has 1 heterocycles. The number of amides is 1. The van der Waals surface area contributed by atoms with Gasteiger partial charge in [-0.15, -0.1) is 0 Å². The van der Waals surface area contributed by atoms with Gasteiger partial charge in [0.2, 0.25) is 5.91 Å². The van der Waals surface area contributed by atoms with Gasteiger partial charge in [-0.3, -0.25) is 9.69 Å². The molecule has 1 unspecified atom stereocenters. The van der Waals surface area contributed by atoms with Gasteiger partial charge >= 0.3 is 0 Å². The Kier molecular flexibility index (Phi) is 3.17. The summed E-state index contributed by atoms with van der Waals surface area (Å²) in [5.74, 6) is 0.0219. The normalized spacial score (nSPS) is 25.6. The Labute approximate surface area is 85.5 Å². The van der Waals surface area contributed by atoms with Crippen LogP contribution in [0.5, 0.6) is 0 Å². The Balaban J connectivity index is 2.83. The van der Waals surface area contributed by atoms with Crippen LogP contribution in [-0.4, -0.2) is 59.1 Å². The topological polar surface area (TPSA) is 43.8 Å². The van der Waals surface area contributed by atoms with Crippen molar-refractivity contribution in [1.29, 1.82) is 0 Å². The van der Waals surface area contributed by atoms with Crippen LogP contribution in [0.2, 0.25) is 0 Å². The second-order valence-corrected chi connectivity index (χ2v) is 4.82. The van der Waals surface area contributed by atoms with Crippen molar-refractivity contribution in [2.24, 2.45) is 0 Å². The molecular weight excluding hydrogens is 180 g/mol. The van der Waals surface area contributed by atoms with Crippen molar-refractivity contribution in [1.82, 2.24) is 9.80 Å². The molecule has 0 aliphatic carbocycles. The number of rotatable bonds is 1. The summed E-state index contributed by atoms with van der Waals surface area (Å²) in [5, 5.41) is 9.22. The highest BCUT2D eigenvalue weighted by molar-refractivity contribution is 5.82. The molecule has 4 nitrogen and oxygen atoms in total. The van der Waals surface area contributed by atoms with Gasteiger partial charge in [0.25, 0.3) is 0 Å². The summed E-state index contributed by atoms with van der Waals surface area (Å²) >= 11 is 0. The molecule has 0 radical (unpaired) electrons. The van der Waals surface area contributed by atoms with E-state index in [9.17, 15) is 9.90 Å². The first-order valence-electron chi connectivity index (χ1n) is 5.00. The summed E-state index contributed by atoms with van der Waals surface area (Å²) in [6.45, 7) is 7.67. The molecule has 82 valence electrons. The smallest absolute Gasteiger partial charge is 0.242 e. The van der Waals surface area contributed by atoms with Crippen LogP contribution < -0.4 is 0 Å². The molecule has 1 rings (SSSR count). The van der Waals surface area contributed by atoms with Crippen molar-refractivity contribution in [2.45, 2.75) is 32.4 Å². The first-order valence-corrected chi connectivity index (χ1v) is 5.00. The summed E-state index contributed by atoms with van der Waals surface area (Å²) in [6, 6.07) is -0.367. The van der Waals surface area contributed by atoms with Crippen LogP contribution >= 0.6 is 0 Å². The molecule has 14 heavy (non-hydrogen) atoms. The number of nitrogens with zero attached hydrogens (tertiary/aromatic N) is 2. The van der Waals surface area contributed by atoms with Gasteiger partial charge < -0.3 is 10.0 Å². The lowest BCUT2D eigenvalue weighted by atomic mass is 10.0. The largest absolute Gasteiger partial charge is 0.394 e. The van der Waals surface area contributed by atoms with E-state index in [1.165, 1.54) is 0 Å². The Bertz CT molecular complexity index is 223. The van der Waals surface area contributed by atoms with E-state index in [0.717, 1.165) is 13.1 Å². The molecule has 1 amide bonds. The SMILES string of the molecule is CN1CCN(C(C)(C)C)C(CO)C1=O. The lowest BCUT2D eigenvalue weighted by Crippen LogP contribution is -2.62. The molecule has 4 heteroatoms. The quantitative estimate of drug-likeness (QED) is 0.644. The number of hydrogen-bond acceptors (Lipinski definition) is 3. The second kappa shape index (κ2) is 3.87. The third-order valence-corrected chi connectivity index (χ3v) is 2.75. The van der Waals surface area contributed by atoms with Gasteiger partial charge in [-0.2, -0.15) is 0 Å².